The number of oxazole rings is 1. The van der Waals surface area contributed by atoms with Gasteiger partial charge in [0.05, 0.1) is 23.7 Å². The Morgan fingerprint density at radius 3 is 2.81 bits per heavy atom. The highest BCUT2D eigenvalue weighted by Gasteiger charge is 2.23. The molecule has 140 valence electrons. The molecule has 3 rings (SSSR count). The second-order valence-electron chi connectivity index (χ2n) is 5.70. The minimum absolute atomic E-state index is 0.251. The molecule has 2 aromatic heterocycles. The maximum Gasteiger partial charge on any atom is 0.409 e. The number of guanidine groups is 1. The second kappa shape index (κ2) is 8.70. The van der Waals surface area contributed by atoms with Crippen LogP contribution in [0, 0.1) is 0 Å². The molecule has 1 aliphatic heterocycles. The quantitative estimate of drug-likeness (QED) is 0.650. The zero-order valence-electron chi connectivity index (χ0n) is 15.0. The van der Waals surface area contributed by atoms with Crippen molar-refractivity contribution in [3.63, 3.8) is 0 Å². The number of hydrogen-bond donors (Lipinski definition) is 1. The van der Waals surface area contributed by atoms with E-state index in [2.05, 4.69) is 20.2 Å². The lowest BCUT2D eigenvalue weighted by Crippen LogP contribution is -2.53. The molecule has 2 aromatic rings. The first-order valence-electron chi connectivity index (χ1n) is 8.56. The number of nitrogens with one attached hydrogen (secondary N) is 1. The lowest BCUT2D eigenvalue weighted by Gasteiger charge is -2.35. The van der Waals surface area contributed by atoms with Gasteiger partial charge < -0.3 is 24.3 Å². The van der Waals surface area contributed by atoms with E-state index in [-0.39, 0.29) is 6.09 Å². The van der Waals surface area contributed by atoms with Crippen LogP contribution in [0.5, 0.6) is 0 Å². The Morgan fingerprint density at radius 1 is 1.38 bits per heavy atom. The number of nitrogens with zero attached hydrogens (tertiary/aromatic N) is 4. The lowest BCUT2D eigenvalue weighted by atomic mass is 10.3. The van der Waals surface area contributed by atoms with E-state index in [0.717, 1.165) is 16.5 Å². The van der Waals surface area contributed by atoms with Crippen molar-refractivity contribution < 1.29 is 13.9 Å². The van der Waals surface area contributed by atoms with Gasteiger partial charge in [-0.1, -0.05) is 6.07 Å². The standard InChI is InChI=1S/C17H23N5O3S/c1-3-24-17(23)22-8-6-21(7-9-22)16(18-2)19-11-13-12-25-15(20-13)14-5-4-10-26-14/h4-5,10,12H,3,6-9,11H2,1-2H3,(H,18,19). The van der Waals surface area contributed by atoms with Crippen molar-refractivity contribution in [1.82, 2.24) is 20.1 Å². The molecule has 26 heavy (non-hydrogen) atoms. The molecule has 0 unspecified atom stereocenters. The van der Waals surface area contributed by atoms with Crippen LogP contribution < -0.4 is 5.32 Å². The van der Waals surface area contributed by atoms with Crippen molar-refractivity contribution in [2.24, 2.45) is 4.99 Å². The first-order chi connectivity index (χ1) is 12.7. The third kappa shape index (κ3) is 4.34. The van der Waals surface area contributed by atoms with Crippen LogP contribution in [0.3, 0.4) is 0 Å². The van der Waals surface area contributed by atoms with Gasteiger partial charge in [0, 0.05) is 33.2 Å². The third-order valence-corrected chi connectivity index (χ3v) is 4.89. The Hall–Kier alpha value is -2.55. The molecule has 9 heteroatoms. The maximum atomic E-state index is 11.8. The average molecular weight is 377 g/mol. The van der Waals surface area contributed by atoms with Crippen LogP contribution in [0.4, 0.5) is 4.79 Å². The summed E-state index contributed by atoms with van der Waals surface area (Å²) in [7, 11) is 1.75. The normalized spacial score (nSPS) is 15.2. The Morgan fingerprint density at radius 2 is 2.15 bits per heavy atom. The number of carbonyl (C=O) groups excluding carboxylic acids is 1. The molecule has 0 radical (unpaired) electrons. The van der Waals surface area contributed by atoms with Gasteiger partial charge >= 0.3 is 6.09 Å². The molecular formula is C17H23N5O3S. The summed E-state index contributed by atoms with van der Waals surface area (Å²) in [6.45, 7) is 5.38. The lowest BCUT2D eigenvalue weighted by molar-refractivity contribution is 0.0914. The van der Waals surface area contributed by atoms with E-state index in [0.29, 0.717) is 45.2 Å². The van der Waals surface area contributed by atoms with E-state index in [1.807, 2.05) is 24.4 Å². The second-order valence-corrected chi connectivity index (χ2v) is 6.64. The predicted octanol–water partition coefficient (Wildman–Crippen LogP) is 2.25. The first-order valence-corrected chi connectivity index (χ1v) is 9.44. The molecule has 1 aliphatic rings. The Balaban J connectivity index is 1.50. The Kier molecular flexibility index (Phi) is 6.11. The summed E-state index contributed by atoms with van der Waals surface area (Å²) >= 11 is 1.60. The molecule has 0 atom stereocenters. The molecule has 8 nitrogen and oxygen atoms in total. The summed E-state index contributed by atoms with van der Waals surface area (Å²) in [6, 6.07) is 3.95. The number of aromatic nitrogens is 1. The van der Waals surface area contributed by atoms with E-state index in [1.165, 1.54) is 0 Å². The maximum absolute atomic E-state index is 11.8. The van der Waals surface area contributed by atoms with Crippen LogP contribution >= 0.6 is 11.3 Å². The Labute approximate surface area is 156 Å². The van der Waals surface area contributed by atoms with Gasteiger partial charge in [-0.3, -0.25) is 4.99 Å². The highest BCUT2D eigenvalue weighted by atomic mass is 32.1. The zero-order chi connectivity index (χ0) is 18.4. The van der Waals surface area contributed by atoms with Gasteiger partial charge in [-0.05, 0) is 18.4 Å². The number of thiophene rings is 1. The van der Waals surface area contributed by atoms with E-state index in [9.17, 15) is 4.79 Å². The zero-order valence-corrected chi connectivity index (χ0v) is 15.8. The van der Waals surface area contributed by atoms with Gasteiger partial charge in [0.25, 0.3) is 0 Å². The summed E-state index contributed by atoms with van der Waals surface area (Å²) in [5.41, 5.74) is 0.819. The topological polar surface area (TPSA) is 83.2 Å². The molecule has 0 saturated carbocycles. The fraction of sp³-hybridized carbons (Fsp3) is 0.471. The molecule has 1 saturated heterocycles. The average Bonchev–Trinajstić information content (AvgIpc) is 3.34. The summed E-state index contributed by atoms with van der Waals surface area (Å²) in [6.07, 6.45) is 1.41. The fourth-order valence-corrected chi connectivity index (χ4v) is 3.37. The van der Waals surface area contributed by atoms with Gasteiger partial charge in [-0.25, -0.2) is 9.78 Å². The fourth-order valence-electron chi connectivity index (χ4n) is 2.72. The monoisotopic (exact) mass is 377 g/mol. The molecule has 1 fully saturated rings. The number of piperazine rings is 1. The highest BCUT2D eigenvalue weighted by Crippen LogP contribution is 2.23. The minimum Gasteiger partial charge on any atom is -0.450 e. The van der Waals surface area contributed by atoms with Crippen LogP contribution in [0.15, 0.2) is 33.2 Å². The van der Waals surface area contributed by atoms with Gasteiger partial charge in [-0.2, -0.15) is 0 Å². The smallest absolute Gasteiger partial charge is 0.409 e. The summed E-state index contributed by atoms with van der Waals surface area (Å²) in [5.74, 6) is 1.42. The van der Waals surface area contributed by atoms with Crippen molar-refractivity contribution in [2.45, 2.75) is 13.5 Å². The van der Waals surface area contributed by atoms with Gasteiger partial charge in [0.2, 0.25) is 5.89 Å². The molecule has 0 spiro atoms. The SMILES string of the molecule is CCOC(=O)N1CCN(C(=NC)NCc2coc(-c3cccs3)n2)CC1. The number of ether oxygens (including phenoxy) is 1. The van der Waals surface area contributed by atoms with Crippen LogP contribution in [-0.2, 0) is 11.3 Å². The van der Waals surface area contributed by atoms with Gasteiger partial charge in [0.1, 0.15) is 6.26 Å². The summed E-state index contributed by atoms with van der Waals surface area (Å²) < 4.78 is 10.6. The van der Waals surface area contributed by atoms with Crippen molar-refractivity contribution in [3.05, 3.63) is 29.5 Å². The van der Waals surface area contributed by atoms with Gasteiger partial charge in [-0.15, -0.1) is 11.3 Å². The van der Waals surface area contributed by atoms with E-state index in [1.54, 1.807) is 29.5 Å². The van der Waals surface area contributed by atoms with Gasteiger partial charge in [0.15, 0.2) is 5.96 Å². The van der Waals surface area contributed by atoms with Crippen molar-refractivity contribution in [2.75, 3.05) is 39.8 Å². The number of amides is 1. The van der Waals surface area contributed by atoms with Crippen LogP contribution in [-0.4, -0.2) is 66.7 Å². The number of hydrogen-bond acceptors (Lipinski definition) is 6. The number of rotatable bonds is 4. The van der Waals surface area contributed by atoms with Crippen molar-refractivity contribution in [3.8, 4) is 10.8 Å². The predicted molar refractivity (Wildman–Crippen MR) is 100 cm³/mol. The number of aliphatic imine (C=N–C) groups is 1. The molecular weight excluding hydrogens is 354 g/mol. The van der Waals surface area contributed by atoms with Crippen LogP contribution in [0.1, 0.15) is 12.6 Å². The molecule has 3 heterocycles. The van der Waals surface area contributed by atoms with E-state index in [4.69, 9.17) is 9.15 Å². The molecule has 1 N–H and O–H groups in total. The summed E-state index contributed by atoms with van der Waals surface area (Å²) in [4.78, 5) is 25.5. The minimum atomic E-state index is -0.251. The number of carbonyl (C=O) groups is 1. The third-order valence-electron chi connectivity index (χ3n) is 4.03. The largest absolute Gasteiger partial charge is 0.450 e. The van der Waals surface area contributed by atoms with Crippen LogP contribution in [0.25, 0.3) is 10.8 Å². The highest BCUT2D eigenvalue weighted by molar-refractivity contribution is 7.13. The Bertz CT molecular complexity index is 735. The van der Waals surface area contributed by atoms with E-state index >= 15 is 0 Å². The molecule has 0 bridgehead atoms. The van der Waals surface area contributed by atoms with Crippen molar-refractivity contribution >= 4 is 23.4 Å². The molecule has 1 amide bonds. The van der Waals surface area contributed by atoms with Crippen LogP contribution in [0.2, 0.25) is 0 Å². The van der Waals surface area contributed by atoms with E-state index < -0.39 is 0 Å². The molecule has 0 aliphatic carbocycles. The molecule has 0 aromatic carbocycles. The van der Waals surface area contributed by atoms with Crippen molar-refractivity contribution in [1.29, 1.82) is 0 Å². The first kappa shape index (κ1) is 18.2. The summed E-state index contributed by atoms with van der Waals surface area (Å²) in [5, 5.41) is 5.30.